The van der Waals surface area contributed by atoms with E-state index in [2.05, 4.69) is 16.7 Å². The Kier molecular flexibility index (Phi) is 6.24. The average molecular weight is 327 g/mol. The van der Waals surface area contributed by atoms with E-state index in [-0.39, 0.29) is 18.3 Å². The molecule has 2 aliphatic heterocycles. The largest absolute Gasteiger partial charge is 0.385 e. The van der Waals surface area contributed by atoms with Crippen molar-refractivity contribution in [3.63, 3.8) is 0 Å². The summed E-state index contributed by atoms with van der Waals surface area (Å²) in [6.07, 6.45) is 4.59. The van der Waals surface area contributed by atoms with E-state index in [4.69, 9.17) is 0 Å². The molecular weight excluding hydrogens is 304 g/mol. The molecule has 1 amide bonds. The Balaban J connectivity index is 0.00000161. The third-order valence-corrected chi connectivity index (χ3v) is 5.28. The molecule has 21 heavy (non-hydrogen) atoms. The molecule has 5 heteroatoms. The smallest absolute Gasteiger partial charge is 0.251 e. The molecule has 3 rings (SSSR count). The molecule has 1 aromatic rings. The van der Waals surface area contributed by atoms with Crippen molar-refractivity contribution in [1.82, 2.24) is 5.32 Å². The van der Waals surface area contributed by atoms with Gasteiger partial charge in [-0.25, -0.2) is 0 Å². The van der Waals surface area contributed by atoms with Crippen molar-refractivity contribution >= 4 is 35.8 Å². The third-order valence-electron chi connectivity index (χ3n) is 4.23. The summed E-state index contributed by atoms with van der Waals surface area (Å²) in [7, 11) is 0. The van der Waals surface area contributed by atoms with Gasteiger partial charge in [-0.2, -0.15) is 11.8 Å². The van der Waals surface area contributed by atoms with Crippen LogP contribution in [0.25, 0.3) is 0 Å². The van der Waals surface area contributed by atoms with Gasteiger partial charge in [-0.05, 0) is 60.8 Å². The zero-order valence-corrected chi connectivity index (χ0v) is 13.8. The lowest BCUT2D eigenvalue weighted by Gasteiger charge is -2.23. The molecule has 2 heterocycles. The van der Waals surface area contributed by atoms with Gasteiger partial charge in [0.25, 0.3) is 5.91 Å². The molecule has 1 aromatic carbocycles. The zero-order valence-electron chi connectivity index (χ0n) is 12.2. The number of rotatable bonds is 3. The average Bonchev–Trinajstić information content (AvgIpc) is 2.53. The van der Waals surface area contributed by atoms with Crippen molar-refractivity contribution in [2.75, 3.05) is 29.9 Å². The highest BCUT2D eigenvalue weighted by Gasteiger charge is 2.19. The number of carbonyl (C=O) groups excluding carboxylic acids is 1. The van der Waals surface area contributed by atoms with Gasteiger partial charge in [0.1, 0.15) is 0 Å². The van der Waals surface area contributed by atoms with Crippen LogP contribution in [0, 0.1) is 5.92 Å². The second-order valence-corrected chi connectivity index (χ2v) is 6.85. The van der Waals surface area contributed by atoms with Crippen LogP contribution in [0.15, 0.2) is 18.2 Å². The molecule has 0 aliphatic carbocycles. The maximum absolute atomic E-state index is 12.4. The lowest BCUT2D eigenvalue weighted by Crippen LogP contribution is -2.32. The highest BCUT2D eigenvalue weighted by atomic mass is 35.5. The second-order valence-electron chi connectivity index (χ2n) is 5.63. The fraction of sp³-hybridized carbons (Fsp3) is 0.562. The maximum Gasteiger partial charge on any atom is 0.251 e. The number of amides is 1. The standard InChI is InChI=1S/C16H22N2OS.ClH/c19-16(18-11-12-6-9-20-10-7-12)14-3-1-5-15-13(14)4-2-8-17-15;/h1,3,5,12,17H,2,4,6-11H2,(H,18,19);1H. The van der Waals surface area contributed by atoms with Gasteiger partial charge in [0.15, 0.2) is 0 Å². The minimum absolute atomic E-state index is 0. The van der Waals surface area contributed by atoms with Crippen LogP contribution in [0.4, 0.5) is 5.69 Å². The van der Waals surface area contributed by atoms with Crippen molar-refractivity contribution in [2.45, 2.75) is 25.7 Å². The van der Waals surface area contributed by atoms with Gasteiger partial charge in [-0.15, -0.1) is 12.4 Å². The lowest BCUT2D eigenvalue weighted by molar-refractivity contribution is 0.0945. The third kappa shape index (κ3) is 4.07. The number of thioether (sulfide) groups is 1. The van der Waals surface area contributed by atoms with E-state index in [1.165, 1.54) is 29.9 Å². The molecule has 1 saturated heterocycles. The first-order chi connectivity index (χ1) is 9.84. The van der Waals surface area contributed by atoms with Crippen molar-refractivity contribution in [2.24, 2.45) is 5.92 Å². The quantitative estimate of drug-likeness (QED) is 0.895. The predicted octanol–water partition coefficient (Wildman–Crippen LogP) is 3.34. The summed E-state index contributed by atoms with van der Waals surface area (Å²) in [5.41, 5.74) is 3.19. The number of anilines is 1. The van der Waals surface area contributed by atoms with Crippen LogP contribution in [0.5, 0.6) is 0 Å². The first-order valence-electron chi connectivity index (χ1n) is 7.56. The first-order valence-corrected chi connectivity index (χ1v) is 8.72. The molecule has 0 unspecified atom stereocenters. The summed E-state index contributed by atoms with van der Waals surface area (Å²) >= 11 is 2.03. The number of hydrogen-bond donors (Lipinski definition) is 2. The highest BCUT2D eigenvalue weighted by molar-refractivity contribution is 7.99. The molecule has 0 radical (unpaired) electrons. The summed E-state index contributed by atoms with van der Waals surface area (Å²) in [6, 6.07) is 6.00. The Labute approximate surface area is 137 Å². The Morgan fingerprint density at radius 1 is 1.33 bits per heavy atom. The summed E-state index contributed by atoms with van der Waals surface area (Å²) in [5, 5.41) is 6.52. The molecule has 3 nitrogen and oxygen atoms in total. The zero-order chi connectivity index (χ0) is 13.8. The predicted molar refractivity (Wildman–Crippen MR) is 92.9 cm³/mol. The molecule has 0 aromatic heterocycles. The summed E-state index contributed by atoms with van der Waals surface area (Å²) in [6.45, 7) is 1.84. The number of benzene rings is 1. The molecule has 0 bridgehead atoms. The van der Waals surface area contributed by atoms with Crippen LogP contribution in [-0.4, -0.2) is 30.5 Å². The molecule has 116 valence electrons. The van der Waals surface area contributed by atoms with Crippen LogP contribution in [0.3, 0.4) is 0 Å². The number of fused-ring (bicyclic) bond motifs is 1. The molecule has 2 N–H and O–H groups in total. The molecule has 0 spiro atoms. The molecule has 0 atom stereocenters. The van der Waals surface area contributed by atoms with E-state index in [0.29, 0.717) is 5.92 Å². The van der Waals surface area contributed by atoms with E-state index >= 15 is 0 Å². The van der Waals surface area contributed by atoms with Gasteiger partial charge in [0.2, 0.25) is 0 Å². The Morgan fingerprint density at radius 3 is 2.95 bits per heavy atom. The highest BCUT2D eigenvalue weighted by Crippen LogP contribution is 2.26. The molecule has 1 fully saturated rings. The van der Waals surface area contributed by atoms with Crippen LogP contribution in [0.1, 0.15) is 35.2 Å². The summed E-state index contributed by atoms with van der Waals surface area (Å²) in [5.74, 6) is 3.25. The number of halogens is 1. The van der Waals surface area contributed by atoms with Crippen molar-refractivity contribution < 1.29 is 4.79 Å². The van der Waals surface area contributed by atoms with Crippen molar-refractivity contribution in [3.05, 3.63) is 29.3 Å². The fourth-order valence-electron chi connectivity index (χ4n) is 3.01. The minimum atomic E-state index is 0. The number of carbonyl (C=O) groups is 1. The molecular formula is C16H23ClN2OS. The van der Waals surface area contributed by atoms with Gasteiger partial charge in [-0.3, -0.25) is 4.79 Å². The van der Waals surface area contributed by atoms with E-state index in [1.807, 2.05) is 23.9 Å². The van der Waals surface area contributed by atoms with E-state index in [1.54, 1.807) is 0 Å². The topological polar surface area (TPSA) is 41.1 Å². The van der Waals surface area contributed by atoms with Gasteiger partial charge >= 0.3 is 0 Å². The van der Waals surface area contributed by atoms with E-state index in [9.17, 15) is 4.79 Å². The van der Waals surface area contributed by atoms with Crippen molar-refractivity contribution in [1.29, 1.82) is 0 Å². The number of nitrogens with one attached hydrogen (secondary N) is 2. The summed E-state index contributed by atoms with van der Waals surface area (Å²) < 4.78 is 0. The monoisotopic (exact) mass is 326 g/mol. The summed E-state index contributed by atoms with van der Waals surface area (Å²) in [4.78, 5) is 12.4. The van der Waals surface area contributed by atoms with Gasteiger partial charge < -0.3 is 10.6 Å². The maximum atomic E-state index is 12.4. The first kappa shape index (κ1) is 16.5. The van der Waals surface area contributed by atoms with Gasteiger partial charge in [0, 0.05) is 24.3 Å². The Hall–Kier alpha value is -0.870. The van der Waals surface area contributed by atoms with Crippen LogP contribution in [-0.2, 0) is 6.42 Å². The Bertz CT molecular complexity index is 489. The van der Waals surface area contributed by atoms with Gasteiger partial charge in [-0.1, -0.05) is 6.07 Å². The van der Waals surface area contributed by atoms with Crippen LogP contribution >= 0.6 is 24.2 Å². The minimum Gasteiger partial charge on any atom is -0.385 e. The van der Waals surface area contributed by atoms with Crippen molar-refractivity contribution in [3.8, 4) is 0 Å². The normalized spacial score (nSPS) is 18.1. The molecule has 0 saturated carbocycles. The van der Waals surface area contributed by atoms with Crippen LogP contribution < -0.4 is 10.6 Å². The fourth-order valence-corrected chi connectivity index (χ4v) is 4.21. The van der Waals surface area contributed by atoms with Crippen LogP contribution in [0.2, 0.25) is 0 Å². The Morgan fingerprint density at radius 2 is 2.14 bits per heavy atom. The second kappa shape index (κ2) is 7.95. The lowest BCUT2D eigenvalue weighted by atomic mass is 9.96. The number of hydrogen-bond acceptors (Lipinski definition) is 3. The SMILES string of the molecule is Cl.O=C(NCC1CCSCC1)c1cccc2c1CCCN2. The van der Waals surface area contributed by atoms with E-state index < -0.39 is 0 Å². The van der Waals surface area contributed by atoms with E-state index in [0.717, 1.165) is 37.2 Å². The molecule has 2 aliphatic rings. The van der Waals surface area contributed by atoms with Gasteiger partial charge in [0.05, 0.1) is 0 Å².